The van der Waals surface area contributed by atoms with Gasteiger partial charge in [-0.15, -0.1) is 5.12 Å². The highest BCUT2D eigenvalue weighted by Gasteiger charge is 2.62. The molecule has 0 bridgehead atoms. The van der Waals surface area contributed by atoms with E-state index < -0.39 is 35.5 Å². The van der Waals surface area contributed by atoms with E-state index in [0.29, 0.717) is 5.57 Å². The SMILES string of the molecule is C=C(C)C(=O)OCCN=C=O.CC(C)N(F)C(=O)OC(F)(F)C(F)(F)F. The molecular weight excluding hydrogens is 378 g/mol. The molecule has 0 saturated heterocycles. The third kappa shape index (κ3) is 10.3. The van der Waals surface area contributed by atoms with Crippen LogP contribution in [-0.4, -0.2) is 54.7 Å². The first kappa shape index (κ1) is 25.7. The lowest BCUT2D eigenvalue weighted by molar-refractivity contribution is -0.374. The number of rotatable bonds is 6. The third-order valence-corrected chi connectivity index (χ3v) is 2.02. The first-order chi connectivity index (χ1) is 11.7. The van der Waals surface area contributed by atoms with Gasteiger partial charge < -0.3 is 9.47 Å². The van der Waals surface area contributed by atoms with Crippen LogP contribution >= 0.6 is 0 Å². The molecule has 0 aromatic carbocycles. The molecule has 0 radical (unpaired) electrons. The summed E-state index contributed by atoms with van der Waals surface area (Å²) in [7, 11) is 0. The van der Waals surface area contributed by atoms with Crippen molar-refractivity contribution in [1.29, 1.82) is 0 Å². The van der Waals surface area contributed by atoms with Crippen LogP contribution in [0.3, 0.4) is 0 Å². The van der Waals surface area contributed by atoms with Crippen LogP contribution in [0.4, 0.5) is 31.2 Å². The lowest BCUT2D eigenvalue weighted by Crippen LogP contribution is -2.44. The summed E-state index contributed by atoms with van der Waals surface area (Å²) in [5.41, 5.74) is 0.333. The van der Waals surface area contributed by atoms with Gasteiger partial charge in [-0.25, -0.2) is 19.4 Å². The molecule has 26 heavy (non-hydrogen) atoms. The van der Waals surface area contributed by atoms with E-state index in [0.717, 1.165) is 13.8 Å². The Bertz CT molecular complexity index is 544. The Hall–Kier alpha value is -2.56. The molecule has 13 heteroatoms. The number of amides is 1. The predicted molar refractivity (Wildman–Crippen MR) is 74.3 cm³/mol. The van der Waals surface area contributed by atoms with Crippen molar-refractivity contribution in [3.05, 3.63) is 12.2 Å². The maximum absolute atomic E-state index is 12.5. The van der Waals surface area contributed by atoms with Gasteiger partial charge in [-0.2, -0.15) is 22.0 Å². The molecule has 0 spiro atoms. The quantitative estimate of drug-likeness (QED) is 0.131. The van der Waals surface area contributed by atoms with Crippen molar-refractivity contribution in [3.63, 3.8) is 0 Å². The predicted octanol–water partition coefficient (Wildman–Crippen LogP) is 3.31. The molecule has 0 atom stereocenters. The summed E-state index contributed by atoms with van der Waals surface area (Å²) in [4.78, 5) is 33.8. The summed E-state index contributed by atoms with van der Waals surface area (Å²) in [6.45, 7) is 7.30. The van der Waals surface area contributed by atoms with E-state index in [9.17, 15) is 40.8 Å². The van der Waals surface area contributed by atoms with Crippen molar-refractivity contribution >= 4 is 18.1 Å². The summed E-state index contributed by atoms with van der Waals surface area (Å²) >= 11 is 0. The Kier molecular flexibility index (Phi) is 11.0. The zero-order valence-electron chi connectivity index (χ0n) is 13.9. The van der Waals surface area contributed by atoms with Crippen LogP contribution < -0.4 is 0 Å². The number of esters is 1. The highest BCUT2D eigenvalue weighted by Crippen LogP contribution is 2.36. The maximum atomic E-state index is 12.5. The largest absolute Gasteiger partial charge is 0.502 e. The van der Waals surface area contributed by atoms with Crippen LogP contribution in [0.5, 0.6) is 0 Å². The van der Waals surface area contributed by atoms with E-state index in [1.807, 2.05) is 0 Å². The maximum Gasteiger partial charge on any atom is 0.502 e. The molecule has 0 aliphatic rings. The normalized spacial score (nSPS) is 10.8. The molecule has 0 unspecified atom stereocenters. The zero-order valence-corrected chi connectivity index (χ0v) is 13.9. The highest BCUT2D eigenvalue weighted by molar-refractivity contribution is 5.86. The Morgan fingerprint density at radius 2 is 1.73 bits per heavy atom. The topological polar surface area (TPSA) is 85.3 Å². The number of carbonyl (C=O) groups excluding carboxylic acids is 3. The van der Waals surface area contributed by atoms with Crippen molar-refractivity contribution in [3.8, 4) is 0 Å². The highest BCUT2D eigenvalue weighted by atomic mass is 19.4. The fourth-order valence-electron chi connectivity index (χ4n) is 0.775. The van der Waals surface area contributed by atoms with E-state index in [4.69, 9.17) is 0 Å². The fraction of sp³-hybridized carbons (Fsp3) is 0.615. The van der Waals surface area contributed by atoms with Crippen LogP contribution in [0.1, 0.15) is 20.8 Å². The van der Waals surface area contributed by atoms with Crippen molar-refractivity contribution in [2.75, 3.05) is 13.2 Å². The molecule has 7 nitrogen and oxygen atoms in total. The number of alkyl halides is 5. The van der Waals surface area contributed by atoms with Crippen molar-refractivity contribution in [2.45, 2.75) is 39.1 Å². The molecule has 0 aliphatic carbocycles. The van der Waals surface area contributed by atoms with Gasteiger partial charge in [-0.1, -0.05) is 11.1 Å². The summed E-state index contributed by atoms with van der Waals surface area (Å²) in [5, 5.41) is -0.875. The van der Waals surface area contributed by atoms with Gasteiger partial charge in [0.05, 0.1) is 12.6 Å². The van der Waals surface area contributed by atoms with Gasteiger partial charge in [-0.05, 0) is 20.8 Å². The number of aliphatic imine (C=N–C) groups is 1. The minimum absolute atomic E-state index is 0.0981. The summed E-state index contributed by atoms with van der Waals surface area (Å²) in [6, 6.07) is -1.21. The molecule has 0 heterocycles. The molecule has 0 aromatic rings. The van der Waals surface area contributed by atoms with Crippen LogP contribution in [-0.2, 0) is 19.1 Å². The zero-order chi connectivity index (χ0) is 21.1. The van der Waals surface area contributed by atoms with Gasteiger partial charge in [0.15, 0.2) is 0 Å². The number of isocyanates is 1. The van der Waals surface area contributed by atoms with Gasteiger partial charge in [0.2, 0.25) is 6.08 Å². The standard InChI is InChI=1S/C7H9NO3.C6H7F6NO2/c1-6(2)7(10)11-4-3-8-5-9;1-3(2)13(12)4(14)15-6(10,11)5(7,8)9/h1,3-4H2,2H3;3H,1-2H3. The molecule has 0 saturated carbocycles. The second-order valence-electron chi connectivity index (χ2n) is 4.68. The summed E-state index contributed by atoms with van der Waals surface area (Å²) in [5.74, 6) is -0.467. The smallest absolute Gasteiger partial charge is 0.460 e. The second kappa shape index (κ2) is 11.1. The molecule has 0 rings (SSSR count). The number of nitrogens with zero attached hydrogens (tertiary/aromatic N) is 2. The monoisotopic (exact) mass is 394 g/mol. The van der Waals surface area contributed by atoms with E-state index in [1.54, 1.807) is 6.92 Å². The molecule has 1 amide bonds. The molecule has 0 fully saturated rings. The van der Waals surface area contributed by atoms with E-state index in [2.05, 4.69) is 21.0 Å². The van der Waals surface area contributed by atoms with Gasteiger partial charge in [0.1, 0.15) is 6.61 Å². The average Bonchev–Trinajstić information content (AvgIpc) is 2.49. The molecule has 0 aromatic heterocycles. The van der Waals surface area contributed by atoms with Crippen molar-refractivity contribution < 1.29 is 50.3 Å². The van der Waals surface area contributed by atoms with E-state index >= 15 is 0 Å². The summed E-state index contributed by atoms with van der Waals surface area (Å²) < 4.78 is 78.3. The molecule has 0 aliphatic heterocycles. The fourth-order valence-corrected chi connectivity index (χ4v) is 0.775. The average molecular weight is 394 g/mol. The van der Waals surface area contributed by atoms with Gasteiger partial charge in [0, 0.05) is 5.57 Å². The van der Waals surface area contributed by atoms with Crippen molar-refractivity contribution in [2.24, 2.45) is 4.99 Å². The van der Waals surface area contributed by atoms with E-state index in [-0.39, 0.29) is 13.2 Å². The Labute approximate surface area is 144 Å². The second-order valence-corrected chi connectivity index (χ2v) is 4.68. The summed E-state index contributed by atoms with van der Waals surface area (Å²) in [6.07, 6.45) is -12.8. The Balaban J connectivity index is 0. The van der Waals surface area contributed by atoms with Crippen LogP contribution in [0.15, 0.2) is 17.1 Å². The number of halogens is 6. The lowest BCUT2D eigenvalue weighted by Gasteiger charge is -2.22. The van der Waals surface area contributed by atoms with Gasteiger partial charge >= 0.3 is 24.3 Å². The van der Waals surface area contributed by atoms with Gasteiger partial charge in [-0.3, -0.25) is 0 Å². The number of hydrogen-bond acceptors (Lipinski definition) is 6. The van der Waals surface area contributed by atoms with Crippen LogP contribution in [0.25, 0.3) is 0 Å². The Morgan fingerprint density at radius 1 is 1.23 bits per heavy atom. The number of hydrogen-bond donors (Lipinski definition) is 0. The number of ether oxygens (including phenoxy) is 2. The van der Waals surface area contributed by atoms with Crippen LogP contribution in [0, 0.1) is 0 Å². The van der Waals surface area contributed by atoms with Crippen molar-refractivity contribution in [1.82, 2.24) is 5.12 Å². The van der Waals surface area contributed by atoms with Gasteiger partial charge in [0.25, 0.3) is 0 Å². The molecule has 150 valence electrons. The first-order valence-corrected chi connectivity index (χ1v) is 6.66. The number of carbonyl (C=O) groups is 2. The lowest BCUT2D eigenvalue weighted by atomic mass is 10.4. The minimum atomic E-state index is -6.07. The Morgan fingerprint density at radius 3 is 2.08 bits per heavy atom. The van der Waals surface area contributed by atoms with Crippen LogP contribution in [0.2, 0.25) is 0 Å². The molecule has 0 N–H and O–H groups in total. The minimum Gasteiger partial charge on any atom is -0.460 e. The first-order valence-electron chi connectivity index (χ1n) is 6.66. The van der Waals surface area contributed by atoms with E-state index in [1.165, 1.54) is 6.08 Å². The third-order valence-electron chi connectivity index (χ3n) is 2.02. The molecular formula is C13H16F6N2O5.